The highest BCUT2D eigenvalue weighted by Crippen LogP contribution is 2.40. The second-order valence-electron chi connectivity index (χ2n) is 5.12. The Labute approximate surface area is 132 Å². The smallest absolute Gasteiger partial charge is 0.122 e. The monoisotopic (exact) mass is 351 g/mol. The number of nitrogens with one attached hydrogen (secondary N) is 1. The molecule has 0 radical (unpaired) electrons. The van der Waals surface area contributed by atoms with Crippen molar-refractivity contribution >= 4 is 27.3 Å². The molecule has 1 aliphatic rings. The molecule has 3 rings (SSSR count). The van der Waals surface area contributed by atoms with Gasteiger partial charge in [0.15, 0.2) is 0 Å². The Kier molecular flexibility index (Phi) is 4.44. The van der Waals surface area contributed by atoms with Crippen molar-refractivity contribution in [1.29, 1.82) is 0 Å². The molecule has 0 aliphatic carbocycles. The minimum atomic E-state index is 0.405. The van der Waals surface area contributed by atoms with Crippen LogP contribution < -0.4 is 10.1 Å². The second-order valence-corrected chi connectivity index (χ2v) is 6.97. The average molecular weight is 352 g/mol. The van der Waals surface area contributed by atoms with E-state index in [4.69, 9.17) is 4.74 Å². The van der Waals surface area contributed by atoms with Gasteiger partial charge >= 0.3 is 0 Å². The van der Waals surface area contributed by atoms with Crippen LogP contribution >= 0.6 is 27.3 Å². The molecule has 0 amide bonds. The summed E-state index contributed by atoms with van der Waals surface area (Å²) in [6.45, 7) is 0.826. The zero-order chi connectivity index (χ0) is 13.9. The Hall–Kier alpha value is -0.840. The van der Waals surface area contributed by atoms with Gasteiger partial charge < -0.3 is 10.1 Å². The van der Waals surface area contributed by atoms with Crippen LogP contribution in [0.2, 0.25) is 0 Å². The fraction of sp³-hybridized carbons (Fsp3) is 0.375. The molecule has 0 spiro atoms. The summed E-state index contributed by atoms with van der Waals surface area (Å²) < 4.78 is 6.92. The maximum Gasteiger partial charge on any atom is 0.122 e. The zero-order valence-corrected chi connectivity index (χ0v) is 13.8. The lowest BCUT2D eigenvalue weighted by atomic mass is 9.87. The van der Waals surface area contributed by atoms with Crippen molar-refractivity contribution in [3.8, 4) is 5.75 Å². The van der Waals surface area contributed by atoms with Gasteiger partial charge in [-0.05, 0) is 59.4 Å². The maximum absolute atomic E-state index is 5.75. The fourth-order valence-electron chi connectivity index (χ4n) is 2.83. The molecular formula is C16H18BrNOS. The predicted octanol–water partition coefficient (Wildman–Crippen LogP) is 4.73. The highest BCUT2D eigenvalue weighted by atomic mass is 79.9. The molecule has 1 aromatic heterocycles. The van der Waals surface area contributed by atoms with Gasteiger partial charge in [0.25, 0.3) is 0 Å². The SMILES string of the molecule is CNC(CC1CCOc2ccccc21)c1cc(Br)cs1. The quantitative estimate of drug-likeness (QED) is 0.859. The van der Waals surface area contributed by atoms with Crippen molar-refractivity contribution in [2.24, 2.45) is 0 Å². The van der Waals surface area contributed by atoms with Gasteiger partial charge in [-0.3, -0.25) is 0 Å². The van der Waals surface area contributed by atoms with E-state index in [9.17, 15) is 0 Å². The van der Waals surface area contributed by atoms with Gasteiger partial charge in [-0.15, -0.1) is 11.3 Å². The number of ether oxygens (including phenoxy) is 1. The summed E-state index contributed by atoms with van der Waals surface area (Å²) in [5.41, 5.74) is 1.36. The first-order valence-corrected chi connectivity index (χ1v) is 8.58. The Morgan fingerprint density at radius 2 is 2.30 bits per heavy atom. The number of para-hydroxylation sites is 1. The first kappa shape index (κ1) is 14.1. The minimum absolute atomic E-state index is 0.405. The number of benzene rings is 1. The van der Waals surface area contributed by atoms with Crippen LogP contribution in [0, 0.1) is 0 Å². The van der Waals surface area contributed by atoms with Crippen molar-refractivity contribution in [3.05, 3.63) is 50.6 Å². The topological polar surface area (TPSA) is 21.3 Å². The molecule has 0 bridgehead atoms. The van der Waals surface area contributed by atoms with Crippen LogP contribution in [0.15, 0.2) is 40.2 Å². The van der Waals surface area contributed by atoms with Crippen molar-refractivity contribution in [3.63, 3.8) is 0 Å². The van der Waals surface area contributed by atoms with Crippen LogP contribution in [-0.2, 0) is 0 Å². The van der Waals surface area contributed by atoms with Gasteiger partial charge in [-0.2, -0.15) is 0 Å². The second kappa shape index (κ2) is 6.29. The summed E-state index contributed by atoms with van der Waals surface area (Å²) in [7, 11) is 2.05. The number of thiophene rings is 1. The van der Waals surface area contributed by atoms with E-state index in [0.29, 0.717) is 12.0 Å². The van der Waals surface area contributed by atoms with Crippen LogP contribution in [0.5, 0.6) is 5.75 Å². The average Bonchev–Trinajstić information content (AvgIpc) is 2.91. The first-order valence-electron chi connectivity index (χ1n) is 6.91. The summed E-state index contributed by atoms with van der Waals surface area (Å²) in [6.07, 6.45) is 2.21. The van der Waals surface area contributed by atoms with Gasteiger partial charge in [0, 0.05) is 20.8 Å². The minimum Gasteiger partial charge on any atom is -0.493 e. The molecule has 106 valence electrons. The van der Waals surface area contributed by atoms with Crippen molar-refractivity contribution in [1.82, 2.24) is 5.32 Å². The molecule has 0 saturated heterocycles. The van der Waals surface area contributed by atoms with E-state index in [-0.39, 0.29) is 0 Å². The third-order valence-corrected chi connectivity index (χ3v) is 5.69. The van der Waals surface area contributed by atoms with Crippen LogP contribution in [-0.4, -0.2) is 13.7 Å². The lowest BCUT2D eigenvalue weighted by Crippen LogP contribution is -2.22. The molecule has 4 heteroatoms. The van der Waals surface area contributed by atoms with E-state index in [1.54, 1.807) is 0 Å². The number of hydrogen-bond donors (Lipinski definition) is 1. The van der Waals surface area contributed by atoms with Crippen LogP contribution in [0.3, 0.4) is 0 Å². The Morgan fingerprint density at radius 1 is 1.45 bits per heavy atom. The molecule has 2 aromatic rings. The summed E-state index contributed by atoms with van der Waals surface area (Å²) >= 11 is 5.35. The molecule has 2 unspecified atom stereocenters. The third kappa shape index (κ3) is 2.92. The maximum atomic E-state index is 5.75. The van der Waals surface area contributed by atoms with E-state index in [2.05, 4.69) is 50.9 Å². The van der Waals surface area contributed by atoms with Crippen molar-refractivity contribution in [2.45, 2.75) is 24.8 Å². The molecule has 20 heavy (non-hydrogen) atoms. The molecule has 2 nitrogen and oxygen atoms in total. The molecule has 1 N–H and O–H groups in total. The Balaban J connectivity index is 1.80. The molecule has 1 aliphatic heterocycles. The van der Waals surface area contributed by atoms with Gasteiger partial charge in [-0.25, -0.2) is 0 Å². The summed E-state index contributed by atoms with van der Waals surface area (Å²) in [6, 6.07) is 11.1. The number of hydrogen-bond acceptors (Lipinski definition) is 3. The Morgan fingerprint density at radius 3 is 3.05 bits per heavy atom. The molecule has 1 aromatic carbocycles. The Bertz CT molecular complexity index is 583. The predicted molar refractivity (Wildman–Crippen MR) is 87.7 cm³/mol. The lowest BCUT2D eigenvalue weighted by Gasteiger charge is -2.28. The summed E-state index contributed by atoms with van der Waals surface area (Å²) in [5.74, 6) is 1.63. The fourth-order valence-corrected chi connectivity index (χ4v) is 4.40. The van der Waals surface area contributed by atoms with Crippen LogP contribution in [0.25, 0.3) is 0 Å². The third-order valence-electron chi connectivity index (χ3n) is 3.88. The summed E-state index contributed by atoms with van der Waals surface area (Å²) in [5, 5.41) is 5.61. The van der Waals surface area contributed by atoms with E-state index in [1.165, 1.54) is 14.9 Å². The molecule has 0 saturated carbocycles. The van der Waals surface area contributed by atoms with Gasteiger partial charge in [0.1, 0.15) is 5.75 Å². The highest BCUT2D eigenvalue weighted by molar-refractivity contribution is 9.10. The van der Waals surface area contributed by atoms with E-state index >= 15 is 0 Å². The number of fused-ring (bicyclic) bond motifs is 1. The van der Waals surface area contributed by atoms with Gasteiger partial charge in [0.05, 0.1) is 6.61 Å². The van der Waals surface area contributed by atoms with Crippen molar-refractivity contribution < 1.29 is 4.74 Å². The highest BCUT2D eigenvalue weighted by Gasteiger charge is 2.25. The van der Waals surface area contributed by atoms with Gasteiger partial charge in [-0.1, -0.05) is 18.2 Å². The van der Waals surface area contributed by atoms with E-state index in [0.717, 1.165) is 25.2 Å². The van der Waals surface area contributed by atoms with Crippen LogP contribution in [0.4, 0.5) is 0 Å². The lowest BCUT2D eigenvalue weighted by molar-refractivity contribution is 0.256. The standard InChI is InChI=1S/C16H18BrNOS/c1-18-14(16-9-12(17)10-20-16)8-11-6-7-19-15-5-3-2-4-13(11)15/h2-5,9-11,14,18H,6-8H2,1H3. The first-order chi connectivity index (χ1) is 9.78. The van der Waals surface area contributed by atoms with Crippen LogP contribution in [0.1, 0.15) is 35.2 Å². The molecule has 2 heterocycles. The normalized spacial score (nSPS) is 19.2. The van der Waals surface area contributed by atoms with Crippen molar-refractivity contribution in [2.75, 3.05) is 13.7 Å². The van der Waals surface area contributed by atoms with Gasteiger partial charge in [0.2, 0.25) is 0 Å². The molecule has 0 fully saturated rings. The molecular weight excluding hydrogens is 334 g/mol. The zero-order valence-electron chi connectivity index (χ0n) is 11.4. The number of rotatable bonds is 4. The molecule has 2 atom stereocenters. The van der Waals surface area contributed by atoms with E-state index in [1.807, 2.05) is 24.5 Å². The largest absolute Gasteiger partial charge is 0.493 e. The van der Waals surface area contributed by atoms with E-state index < -0.39 is 0 Å². The summed E-state index contributed by atoms with van der Waals surface area (Å²) in [4.78, 5) is 1.39. The number of halogens is 1.